The zero-order chi connectivity index (χ0) is 15.4. The smallest absolute Gasteiger partial charge is 0.135 e. The van der Waals surface area contributed by atoms with E-state index in [0.717, 1.165) is 11.2 Å². The van der Waals surface area contributed by atoms with Crippen LogP contribution in [0.2, 0.25) is 0 Å². The van der Waals surface area contributed by atoms with Crippen LogP contribution in [0.1, 0.15) is 38.8 Å². The van der Waals surface area contributed by atoms with Crippen molar-refractivity contribution < 1.29 is 4.42 Å². The molecule has 110 valence electrons. The van der Waals surface area contributed by atoms with Crippen molar-refractivity contribution in [2.75, 3.05) is 0 Å². The fourth-order valence-corrected chi connectivity index (χ4v) is 3.76. The van der Waals surface area contributed by atoms with Crippen LogP contribution in [0.5, 0.6) is 0 Å². The Kier molecular flexibility index (Phi) is 3.80. The summed E-state index contributed by atoms with van der Waals surface area (Å²) in [7, 11) is 0. The molecular weight excluding hydrogens is 486 g/mol. The van der Waals surface area contributed by atoms with Gasteiger partial charge in [0.25, 0.3) is 0 Å². The third-order valence-electron chi connectivity index (χ3n) is 3.80. The van der Waals surface area contributed by atoms with Crippen molar-refractivity contribution >= 4 is 67.1 Å². The summed E-state index contributed by atoms with van der Waals surface area (Å²) in [6.45, 7) is 9.00. The Morgan fingerprint density at radius 1 is 0.714 bits per heavy atom. The van der Waals surface area contributed by atoms with Crippen LogP contribution in [0.15, 0.2) is 40.8 Å². The van der Waals surface area contributed by atoms with Crippen molar-refractivity contribution in [3.63, 3.8) is 0 Å². The zero-order valence-electron chi connectivity index (χ0n) is 12.6. The van der Waals surface area contributed by atoms with Gasteiger partial charge in [-0.1, -0.05) is 69.4 Å². The van der Waals surface area contributed by atoms with E-state index in [-0.39, 0.29) is 6.84 Å². The largest absolute Gasteiger partial charge is 0.456 e. The monoisotopic (exact) mass is 504 g/mol. The Morgan fingerprint density at radius 3 is 1.43 bits per heavy atom. The predicted molar refractivity (Wildman–Crippen MR) is 108 cm³/mol. The number of furan rings is 1. The molecule has 3 rings (SSSR count). The average Bonchev–Trinajstić information content (AvgIpc) is 2.74. The molecule has 3 aromatic rings. The summed E-state index contributed by atoms with van der Waals surface area (Å²) >= 11 is 5.02. The van der Waals surface area contributed by atoms with E-state index in [0.29, 0.717) is 0 Å². The molecule has 0 aliphatic carbocycles. The fraction of sp³-hybridized carbons (Fsp3) is 0.333. The Hall–Kier alpha value is -0.300. The topological polar surface area (TPSA) is 13.1 Å². The van der Waals surface area contributed by atoms with Gasteiger partial charge >= 0.3 is 0 Å². The highest BCUT2D eigenvalue weighted by atomic mass is 127. The molecule has 0 N–H and O–H groups in total. The molecule has 1 nitrogen and oxygen atoms in total. The molecular formula is C18H18I2O. The summed E-state index contributed by atoms with van der Waals surface area (Å²) in [5, 5.41) is 2.54. The van der Waals surface area contributed by atoms with Crippen molar-refractivity contribution in [3.05, 3.63) is 47.5 Å². The van der Waals surface area contributed by atoms with Gasteiger partial charge < -0.3 is 4.42 Å². The van der Waals surface area contributed by atoms with E-state index >= 15 is 0 Å². The number of benzene rings is 2. The van der Waals surface area contributed by atoms with Crippen molar-refractivity contribution in [2.45, 2.75) is 34.5 Å². The van der Waals surface area contributed by atoms with Gasteiger partial charge in [-0.25, -0.2) is 0 Å². The van der Waals surface area contributed by atoms with Crippen LogP contribution in [0.4, 0.5) is 0 Å². The molecule has 2 aromatic carbocycles. The van der Waals surface area contributed by atoms with Crippen LogP contribution in [0.3, 0.4) is 0 Å². The predicted octanol–water partition coefficient (Wildman–Crippen LogP) is 6.93. The van der Waals surface area contributed by atoms with Crippen molar-refractivity contribution in [2.24, 2.45) is 0 Å². The highest BCUT2D eigenvalue weighted by Crippen LogP contribution is 2.44. The number of hydrogen-bond donors (Lipinski definition) is 0. The van der Waals surface area contributed by atoms with E-state index in [4.69, 9.17) is 4.42 Å². The molecule has 0 saturated heterocycles. The lowest BCUT2D eigenvalue weighted by Crippen LogP contribution is -2.09. The zero-order valence-corrected chi connectivity index (χ0v) is 16.9. The first-order valence-corrected chi connectivity index (χ1v) is 9.18. The minimum Gasteiger partial charge on any atom is -0.456 e. The molecule has 0 bridgehead atoms. The Labute approximate surface area is 152 Å². The lowest BCUT2D eigenvalue weighted by atomic mass is 9.92. The van der Waals surface area contributed by atoms with Gasteiger partial charge in [-0.3, -0.25) is 0 Å². The van der Waals surface area contributed by atoms with Crippen LogP contribution in [-0.2, 0) is 6.84 Å². The fourth-order valence-electron chi connectivity index (χ4n) is 2.86. The number of rotatable bonds is 2. The molecule has 21 heavy (non-hydrogen) atoms. The second-order valence-corrected chi connectivity index (χ2v) is 11.8. The highest BCUT2D eigenvalue weighted by Gasteiger charge is 2.26. The Balaban J connectivity index is 2.55. The first-order valence-electron chi connectivity index (χ1n) is 7.02. The average molecular weight is 504 g/mol. The Morgan fingerprint density at radius 2 is 1.10 bits per heavy atom. The summed E-state index contributed by atoms with van der Waals surface area (Å²) in [6.07, 6.45) is 0. The summed E-state index contributed by atoms with van der Waals surface area (Å²) in [6, 6.07) is 12.8. The van der Waals surface area contributed by atoms with E-state index < -0.39 is 0 Å². The van der Waals surface area contributed by atoms with Gasteiger partial charge in [-0.2, -0.15) is 0 Å². The van der Waals surface area contributed by atoms with Crippen molar-refractivity contribution in [1.82, 2.24) is 0 Å². The SMILES string of the molecule is CC(C)(I)c1cccc2oc3cccc(C(C)(C)I)c3c12. The lowest BCUT2D eigenvalue weighted by Gasteiger charge is -2.21. The maximum atomic E-state index is 6.12. The second-order valence-electron chi connectivity index (χ2n) is 6.40. The maximum absolute atomic E-state index is 6.12. The molecule has 0 spiro atoms. The minimum atomic E-state index is 0.0661. The molecule has 0 atom stereocenters. The third-order valence-corrected chi connectivity index (χ3v) is 4.97. The molecule has 0 saturated carbocycles. The minimum absolute atomic E-state index is 0.0661. The molecule has 1 aromatic heterocycles. The molecule has 0 radical (unpaired) electrons. The normalized spacial score (nSPS) is 13.2. The van der Waals surface area contributed by atoms with E-state index in [1.54, 1.807) is 0 Å². The first-order chi connectivity index (χ1) is 9.69. The van der Waals surface area contributed by atoms with E-state index in [9.17, 15) is 0 Å². The molecule has 0 unspecified atom stereocenters. The number of halogens is 2. The van der Waals surface area contributed by atoms with E-state index in [1.807, 2.05) is 0 Å². The van der Waals surface area contributed by atoms with Gasteiger partial charge in [0.05, 0.1) is 0 Å². The molecule has 0 aliphatic heterocycles. The second kappa shape index (κ2) is 5.11. The molecule has 0 amide bonds. The molecule has 3 heteroatoms. The molecule has 0 fully saturated rings. The van der Waals surface area contributed by atoms with Gasteiger partial charge in [0, 0.05) is 17.6 Å². The third kappa shape index (κ3) is 2.71. The van der Waals surface area contributed by atoms with Gasteiger partial charge in [0.1, 0.15) is 11.2 Å². The number of alkyl halides is 2. The van der Waals surface area contributed by atoms with Gasteiger partial charge in [-0.15, -0.1) is 0 Å². The van der Waals surface area contributed by atoms with E-state index in [1.165, 1.54) is 21.9 Å². The number of hydrogen-bond acceptors (Lipinski definition) is 1. The van der Waals surface area contributed by atoms with E-state index in [2.05, 4.69) is 109 Å². The van der Waals surface area contributed by atoms with Gasteiger partial charge in [0.15, 0.2) is 0 Å². The van der Waals surface area contributed by atoms with Crippen molar-refractivity contribution in [1.29, 1.82) is 0 Å². The van der Waals surface area contributed by atoms with Gasteiger partial charge in [-0.05, 0) is 51.0 Å². The number of fused-ring (bicyclic) bond motifs is 3. The van der Waals surface area contributed by atoms with Gasteiger partial charge in [0.2, 0.25) is 0 Å². The lowest BCUT2D eigenvalue weighted by molar-refractivity contribution is 0.667. The van der Waals surface area contributed by atoms with Crippen LogP contribution in [0.25, 0.3) is 21.9 Å². The summed E-state index contributed by atoms with van der Waals surface area (Å²) in [4.78, 5) is 0. The van der Waals surface area contributed by atoms with Crippen LogP contribution < -0.4 is 0 Å². The van der Waals surface area contributed by atoms with Crippen molar-refractivity contribution in [3.8, 4) is 0 Å². The molecule has 1 heterocycles. The first kappa shape index (κ1) is 15.6. The summed E-state index contributed by atoms with van der Waals surface area (Å²) in [5.41, 5.74) is 4.65. The summed E-state index contributed by atoms with van der Waals surface area (Å²) in [5.74, 6) is 0. The van der Waals surface area contributed by atoms with Crippen LogP contribution >= 0.6 is 45.2 Å². The highest BCUT2D eigenvalue weighted by molar-refractivity contribution is 14.1. The standard InChI is InChI=1S/C18H18I2O/c1-17(2,19)11-7-5-9-13-15(11)16-12(18(3,4)20)8-6-10-14(16)21-13/h5-10H,1-4H3. The summed E-state index contributed by atoms with van der Waals surface area (Å²) < 4.78 is 6.25. The maximum Gasteiger partial charge on any atom is 0.135 e. The molecule has 0 aliphatic rings. The van der Waals surface area contributed by atoms with Crippen LogP contribution in [0, 0.1) is 0 Å². The van der Waals surface area contributed by atoms with Crippen LogP contribution in [-0.4, -0.2) is 0 Å². The quantitative estimate of drug-likeness (QED) is 0.273. The Bertz CT molecular complexity index is 748.